The van der Waals surface area contributed by atoms with Crippen LogP contribution in [0.25, 0.3) is 0 Å². The predicted molar refractivity (Wildman–Crippen MR) is 88.7 cm³/mol. The highest BCUT2D eigenvalue weighted by Crippen LogP contribution is 2.40. The van der Waals surface area contributed by atoms with Crippen molar-refractivity contribution in [2.75, 3.05) is 5.73 Å². The van der Waals surface area contributed by atoms with Gasteiger partial charge in [0.1, 0.15) is 13.9 Å². The minimum Gasteiger partial charge on any atom is -0.399 e. The lowest BCUT2D eigenvalue weighted by atomic mass is 10.2. The highest BCUT2D eigenvalue weighted by molar-refractivity contribution is 6.90. The van der Waals surface area contributed by atoms with Crippen LogP contribution in [-0.4, -0.2) is 8.07 Å². The van der Waals surface area contributed by atoms with Crippen LogP contribution in [0.4, 0.5) is 10.1 Å². The van der Waals surface area contributed by atoms with E-state index in [1.54, 1.807) is 12.1 Å². The highest BCUT2D eigenvalue weighted by atomic mass is 28.3. The molecule has 0 heterocycles. The second-order valence-corrected chi connectivity index (χ2v) is 12.0. The van der Waals surface area contributed by atoms with E-state index in [4.69, 9.17) is 5.73 Å². The van der Waals surface area contributed by atoms with Crippen LogP contribution in [0.15, 0.2) is 18.2 Å². The molecular formula is C17H26FNSi. The van der Waals surface area contributed by atoms with E-state index in [0.717, 1.165) is 0 Å². The molecule has 0 aliphatic heterocycles. The zero-order valence-electron chi connectivity index (χ0n) is 13.4. The molecule has 0 spiro atoms. The lowest BCUT2D eigenvalue weighted by Gasteiger charge is -2.38. The standard InChI is InChI=1S/C17H26FNSi/c1-12(2)20(13(3)4,14(5)6)10-9-15-11-16(19)7-8-17(15)18/h7-8,11-14H,19H2,1-6H3. The van der Waals surface area contributed by atoms with Gasteiger partial charge in [-0.05, 0) is 34.8 Å². The van der Waals surface area contributed by atoms with Crippen LogP contribution in [0.1, 0.15) is 47.1 Å². The predicted octanol–water partition coefficient (Wildman–Crippen LogP) is 4.98. The maximum Gasteiger partial charge on any atom is 0.146 e. The van der Waals surface area contributed by atoms with Gasteiger partial charge in [-0.3, -0.25) is 0 Å². The van der Waals surface area contributed by atoms with Crippen LogP contribution >= 0.6 is 0 Å². The molecule has 0 bridgehead atoms. The highest BCUT2D eigenvalue weighted by Gasteiger charge is 2.41. The van der Waals surface area contributed by atoms with Crippen molar-refractivity contribution in [3.63, 3.8) is 0 Å². The number of rotatable bonds is 3. The molecule has 0 aromatic heterocycles. The van der Waals surface area contributed by atoms with Crippen molar-refractivity contribution in [3.05, 3.63) is 29.6 Å². The van der Waals surface area contributed by atoms with E-state index in [1.807, 2.05) is 0 Å². The molecule has 20 heavy (non-hydrogen) atoms. The van der Waals surface area contributed by atoms with Crippen LogP contribution in [0.2, 0.25) is 16.6 Å². The second kappa shape index (κ2) is 6.45. The summed E-state index contributed by atoms with van der Waals surface area (Å²) in [6, 6.07) is 4.59. The van der Waals surface area contributed by atoms with Gasteiger partial charge in [0.05, 0.1) is 5.56 Å². The summed E-state index contributed by atoms with van der Waals surface area (Å²) < 4.78 is 13.8. The van der Waals surface area contributed by atoms with Gasteiger partial charge >= 0.3 is 0 Å². The molecule has 0 saturated heterocycles. The molecule has 0 amide bonds. The number of anilines is 1. The van der Waals surface area contributed by atoms with Crippen molar-refractivity contribution in [2.45, 2.75) is 58.2 Å². The average molecular weight is 291 g/mol. The maximum absolute atomic E-state index is 13.8. The number of hydrogen-bond acceptors (Lipinski definition) is 1. The average Bonchev–Trinajstić information content (AvgIpc) is 2.32. The zero-order chi connectivity index (χ0) is 15.5. The van der Waals surface area contributed by atoms with Gasteiger partial charge in [0.15, 0.2) is 0 Å². The molecule has 0 unspecified atom stereocenters. The van der Waals surface area contributed by atoms with Crippen LogP contribution < -0.4 is 5.73 Å². The van der Waals surface area contributed by atoms with Gasteiger partial charge in [-0.25, -0.2) is 4.39 Å². The van der Waals surface area contributed by atoms with E-state index in [9.17, 15) is 4.39 Å². The Balaban J connectivity index is 3.34. The Hall–Kier alpha value is -1.27. The van der Waals surface area contributed by atoms with Crippen molar-refractivity contribution < 1.29 is 4.39 Å². The summed E-state index contributed by atoms with van der Waals surface area (Å²) in [5.74, 6) is 2.81. The van der Waals surface area contributed by atoms with Crippen molar-refractivity contribution >= 4 is 13.8 Å². The lowest BCUT2D eigenvalue weighted by molar-refractivity contribution is 0.624. The van der Waals surface area contributed by atoms with Gasteiger partial charge in [0.25, 0.3) is 0 Å². The molecule has 1 rings (SSSR count). The van der Waals surface area contributed by atoms with Gasteiger partial charge in [-0.15, -0.1) is 5.54 Å². The molecule has 0 saturated carbocycles. The van der Waals surface area contributed by atoms with Crippen molar-refractivity contribution in [1.82, 2.24) is 0 Å². The third kappa shape index (κ3) is 3.24. The van der Waals surface area contributed by atoms with E-state index in [-0.39, 0.29) is 5.82 Å². The summed E-state index contributed by atoms with van der Waals surface area (Å²) >= 11 is 0. The number of benzene rings is 1. The minimum absolute atomic E-state index is 0.286. The monoisotopic (exact) mass is 291 g/mol. The molecule has 0 atom stereocenters. The Morgan fingerprint density at radius 2 is 1.50 bits per heavy atom. The quantitative estimate of drug-likeness (QED) is 0.474. The van der Waals surface area contributed by atoms with Crippen molar-refractivity contribution in [2.24, 2.45) is 0 Å². The molecule has 1 nitrogen and oxygen atoms in total. The van der Waals surface area contributed by atoms with Gasteiger partial charge < -0.3 is 5.73 Å². The number of nitrogen functional groups attached to an aromatic ring is 1. The molecule has 0 aliphatic carbocycles. The fourth-order valence-corrected chi connectivity index (χ4v) is 8.46. The molecule has 0 fully saturated rings. The minimum atomic E-state index is -1.82. The molecule has 2 N–H and O–H groups in total. The zero-order valence-corrected chi connectivity index (χ0v) is 14.4. The third-order valence-corrected chi connectivity index (χ3v) is 10.6. The van der Waals surface area contributed by atoms with Crippen molar-refractivity contribution in [1.29, 1.82) is 0 Å². The first-order valence-electron chi connectivity index (χ1n) is 7.30. The van der Waals surface area contributed by atoms with Crippen LogP contribution in [0.5, 0.6) is 0 Å². The SMILES string of the molecule is CC(C)[Si](C#Cc1cc(N)ccc1F)(C(C)C)C(C)C. The van der Waals surface area contributed by atoms with Crippen LogP contribution in [0.3, 0.4) is 0 Å². The fourth-order valence-electron chi connectivity index (χ4n) is 3.25. The van der Waals surface area contributed by atoms with Crippen LogP contribution in [0, 0.1) is 17.3 Å². The Morgan fingerprint density at radius 3 is 1.95 bits per heavy atom. The first kappa shape index (κ1) is 16.8. The summed E-state index contributed by atoms with van der Waals surface area (Å²) in [4.78, 5) is 0. The molecule has 1 aromatic carbocycles. The second-order valence-electron chi connectivity index (χ2n) is 6.39. The Kier molecular flexibility index (Phi) is 5.41. The largest absolute Gasteiger partial charge is 0.399 e. The molecule has 0 radical (unpaired) electrons. The van der Waals surface area contributed by atoms with Gasteiger partial charge in [-0.1, -0.05) is 47.5 Å². The Labute approximate surface area is 123 Å². The molecule has 3 heteroatoms. The first-order chi connectivity index (χ1) is 9.21. The van der Waals surface area contributed by atoms with E-state index in [0.29, 0.717) is 27.9 Å². The summed E-state index contributed by atoms with van der Waals surface area (Å²) in [7, 11) is -1.82. The van der Waals surface area contributed by atoms with Gasteiger partial charge in [0.2, 0.25) is 0 Å². The lowest BCUT2D eigenvalue weighted by Crippen LogP contribution is -2.43. The summed E-state index contributed by atoms with van der Waals surface area (Å²) in [5, 5.41) is 0. The normalized spacial score (nSPS) is 11.9. The Bertz CT molecular complexity index is 502. The van der Waals surface area contributed by atoms with Gasteiger partial charge in [-0.2, -0.15) is 0 Å². The molecule has 110 valence electrons. The Morgan fingerprint density at radius 1 is 1.00 bits per heavy atom. The number of hydrogen-bond donors (Lipinski definition) is 1. The van der Waals surface area contributed by atoms with Crippen molar-refractivity contribution in [3.8, 4) is 11.5 Å². The number of nitrogens with two attached hydrogens (primary N) is 1. The fraction of sp³-hybridized carbons (Fsp3) is 0.529. The van der Waals surface area contributed by atoms with Gasteiger partial charge in [0, 0.05) is 5.69 Å². The van der Waals surface area contributed by atoms with E-state index >= 15 is 0 Å². The molecule has 1 aromatic rings. The first-order valence-corrected chi connectivity index (χ1v) is 9.53. The topological polar surface area (TPSA) is 26.0 Å². The van der Waals surface area contributed by atoms with E-state index in [2.05, 4.69) is 53.0 Å². The summed E-state index contributed by atoms with van der Waals surface area (Å²) in [6.45, 7) is 13.5. The van der Waals surface area contributed by atoms with E-state index in [1.165, 1.54) is 6.07 Å². The molecular weight excluding hydrogens is 265 g/mol. The van der Waals surface area contributed by atoms with E-state index < -0.39 is 8.07 Å². The number of halogens is 1. The maximum atomic E-state index is 13.8. The third-order valence-electron chi connectivity index (χ3n) is 4.27. The summed E-state index contributed by atoms with van der Waals surface area (Å²) in [6.07, 6.45) is 0. The summed E-state index contributed by atoms with van der Waals surface area (Å²) in [5.41, 5.74) is 11.8. The molecule has 0 aliphatic rings. The van der Waals surface area contributed by atoms with Crippen LogP contribution in [-0.2, 0) is 0 Å². The smallest absolute Gasteiger partial charge is 0.146 e.